The monoisotopic (exact) mass is 359 g/mol. The number of halogens is 1. The first kappa shape index (κ1) is 17.6. The third-order valence-corrected chi connectivity index (χ3v) is 4.42. The van der Waals surface area contributed by atoms with Crippen LogP contribution in [0.25, 0.3) is 0 Å². The molecule has 1 aliphatic rings. The van der Waals surface area contributed by atoms with E-state index < -0.39 is 0 Å². The molecule has 3 rings (SSSR count). The average Bonchev–Trinajstić information content (AvgIpc) is 2.89. The van der Waals surface area contributed by atoms with Crippen LogP contribution in [-0.4, -0.2) is 30.1 Å². The predicted molar refractivity (Wildman–Crippen MR) is 98.3 cm³/mol. The summed E-state index contributed by atoms with van der Waals surface area (Å²) in [7, 11) is 1.76. The van der Waals surface area contributed by atoms with Crippen LogP contribution in [0.2, 0.25) is 5.02 Å². The molecule has 2 aromatic rings. The molecular formula is C20H22ClNO3. The van der Waals surface area contributed by atoms with E-state index in [0.717, 1.165) is 23.3 Å². The van der Waals surface area contributed by atoms with E-state index in [4.69, 9.17) is 21.1 Å². The summed E-state index contributed by atoms with van der Waals surface area (Å²) in [6.07, 6.45) is 0.837. The van der Waals surface area contributed by atoms with Gasteiger partial charge in [-0.3, -0.25) is 4.79 Å². The van der Waals surface area contributed by atoms with Crippen molar-refractivity contribution in [3.05, 3.63) is 58.6 Å². The van der Waals surface area contributed by atoms with E-state index in [1.54, 1.807) is 11.9 Å². The molecule has 0 unspecified atom stereocenters. The van der Waals surface area contributed by atoms with Crippen LogP contribution in [-0.2, 0) is 17.8 Å². The van der Waals surface area contributed by atoms with Gasteiger partial charge in [-0.05, 0) is 37.6 Å². The van der Waals surface area contributed by atoms with Crippen LogP contribution >= 0.6 is 11.6 Å². The van der Waals surface area contributed by atoms with Gasteiger partial charge in [-0.25, -0.2) is 0 Å². The minimum absolute atomic E-state index is 0.0235. The third kappa shape index (κ3) is 4.26. The molecule has 0 spiro atoms. The molecule has 0 aliphatic carbocycles. The van der Waals surface area contributed by atoms with Gasteiger partial charge in [-0.2, -0.15) is 0 Å². The van der Waals surface area contributed by atoms with Crippen LogP contribution < -0.4 is 9.47 Å². The maximum Gasteiger partial charge on any atom is 0.260 e. The van der Waals surface area contributed by atoms with Gasteiger partial charge >= 0.3 is 0 Å². The van der Waals surface area contributed by atoms with Gasteiger partial charge in [0, 0.05) is 30.6 Å². The summed E-state index contributed by atoms with van der Waals surface area (Å²) >= 11 is 5.88. The normalized spacial score (nSPS) is 14.6. The molecule has 4 nitrogen and oxygen atoms in total. The third-order valence-electron chi connectivity index (χ3n) is 4.16. The second-order valence-electron chi connectivity index (χ2n) is 6.95. The molecule has 132 valence electrons. The molecule has 0 fully saturated rings. The Bertz CT molecular complexity index is 771. The molecule has 2 aromatic carbocycles. The quantitative estimate of drug-likeness (QED) is 0.807. The second kappa shape index (κ2) is 6.96. The van der Waals surface area contributed by atoms with E-state index in [2.05, 4.69) is 0 Å². The number of ether oxygens (including phenoxy) is 2. The number of likely N-dealkylation sites (N-methyl/N-ethyl adjacent to an activating group) is 1. The molecule has 5 heteroatoms. The molecule has 0 aromatic heterocycles. The highest BCUT2D eigenvalue weighted by Gasteiger charge is 2.32. The van der Waals surface area contributed by atoms with Crippen molar-refractivity contribution >= 4 is 17.5 Å². The zero-order valence-electron chi connectivity index (χ0n) is 14.7. The molecule has 0 atom stereocenters. The van der Waals surface area contributed by atoms with E-state index in [1.807, 2.05) is 56.3 Å². The SMILES string of the molecule is CN(Cc1ccc(Cl)cc1)C(=O)COc1cccc2c1OC(C)(C)C2. The number of fused-ring (bicyclic) bond motifs is 1. The van der Waals surface area contributed by atoms with E-state index >= 15 is 0 Å². The summed E-state index contributed by atoms with van der Waals surface area (Å²) in [4.78, 5) is 14.0. The van der Waals surface area contributed by atoms with Crippen molar-refractivity contribution in [2.45, 2.75) is 32.4 Å². The lowest BCUT2D eigenvalue weighted by Crippen LogP contribution is -2.31. The smallest absolute Gasteiger partial charge is 0.260 e. The van der Waals surface area contributed by atoms with Gasteiger partial charge in [0.05, 0.1) is 0 Å². The van der Waals surface area contributed by atoms with Crippen molar-refractivity contribution in [2.24, 2.45) is 0 Å². The maximum absolute atomic E-state index is 12.3. The fraction of sp³-hybridized carbons (Fsp3) is 0.350. The number of para-hydroxylation sites is 1. The minimum atomic E-state index is -0.239. The van der Waals surface area contributed by atoms with Crippen LogP contribution in [0.3, 0.4) is 0 Å². The predicted octanol–water partition coefficient (Wildman–Crippen LogP) is 4.09. The molecular weight excluding hydrogens is 338 g/mol. The van der Waals surface area contributed by atoms with E-state index in [9.17, 15) is 4.79 Å². The zero-order valence-corrected chi connectivity index (χ0v) is 15.5. The number of rotatable bonds is 5. The van der Waals surface area contributed by atoms with Gasteiger partial charge in [-0.1, -0.05) is 35.9 Å². The van der Waals surface area contributed by atoms with Crippen molar-refractivity contribution < 1.29 is 14.3 Å². The highest BCUT2D eigenvalue weighted by Crippen LogP contribution is 2.41. The Morgan fingerprint density at radius 1 is 1.24 bits per heavy atom. The molecule has 1 amide bonds. The molecule has 0 saturated carbocycles. The Morgan fingerprint density at radius 3 is 2.68 bits per heavy atom. The number of hydrogen-bond acceptors (Lipinski definition) is 3. The lowest BCUT2D eigenvalue weighted by atomic mass is 10.0. The Balaban J connectivity index is 1.60. The Morgan fingerprint density at radius 2 is 1.96 bits per heavy atom. The molecule has 1 heterocycles. The van der Waals surface area contributed by atoms with Crippen molar-refractivity contribution in [2.75, 3.05) is 13.7 Å². The van der Waals surface area contributed by atoms with Crippen LogP contribution in [0.5, 0.6) is 11.5 Å². The number of carbonyl (C=O) groups excluding carboxylic acids is 1. The number of nitrogens with zero attached hydrogens (tertiary/aromatic N) is 1. The first-order chi connectivity index (χ1) is 11.8. The lowest BCUT2D eigenvalue weighted by Gasteiger charge is -2.20. The number of amides is 1. The van der Waals surface area contributed by atoms with Gasteiger partial charge in [0.1, 0.15) is 5.60 Å². The summed E-state index contributed by atoms with van der Waals surface area (Å²) in [5, 5.41) is 0.682. The topological polar surface area (TPSA) is 38.8 Å². The first-order valence-corrected chi connectivity index (χ1v) is 8.64. The van der Waals surface area contributed by atoms with Crippen LogP contribution in [0.4, 0.5) is 0 Å². The summed E-state index contributed by atoms with van der Waals surface area (Å²) in [6, 6.07) is 13.3. The van der Waals surface area contributed by atoms with Crippen LogP contribution in [0.15, 0.2) is 42.5 Å². The summed E-state index contributed by atoms with van der Waals surface area (Å²) in [5.41, 5.74) is 1.90. The van der Waals surface area contributed by atoms with Crippen LogP contribution in [0.1, 0.15) is 25.0 Å². The largest absolute Gasteiger partial charge is 0.483 e. The summed E-state index contributed by atoms with van der Waals surface area (Å²) in [5.74, 6) is 1.28. The fourth-order valence-corrected chi connectivity index (χ4v) is 3.03. The Labute approximate surface area is 153 Å². The Kier molecular flexibility index (Phi) is 4.91. The molecule has 25 heavy (non-hydrogen) atoms. The van der Waals surface area contributed by atoms with Crippen molar-refractivity contribution in [1.29, 1.82) is 0 Å². The van der Waals surface area contributed by atoms with Crippen molar-refractivity contribution in [3.8, 4) is 11.5 Å². The lowest BCUT2D eigenvalue weighted by molar-refractivity contribution is -0.132. The van der Waals surface area contributed by atoms with Gasteiger partial charge in [0.25, 0.3) is 5.91 Å². The molecule has 1 aliphatic heterocycles. The highest BCUT2D eigenvalue weighted by atomic mass is 35.5. The van der Waals surface area contributed by atoms with Gasteiger partial charge in [-0.15, -0.1) is 0 Å². The van der Waals surface area contributed by atoms with Crippen molar-refractivity contribution in [3.63, 3.8) is 0 Å². The van der Waals surface area contributed by atoms with E-state index in [0.29, 0.717) is 17.3 Å². The molecule has 0 radical (unpaired) electrons. The number of hydrogen-bond donors (Lipinski definition) is 0. The summed E-state index contributed by atoms with van der Waals surface area (Å²) < 4.78 is 11.7. The van der Waals surface area contributed by atoms with Gasteiger partial charge in [0.15, 0.2) is 18.1 Å². The number of carbonyl (C=O) groups is 1. The molecule has 0 bridgehead atoms. The van der Waals surface area contributed by atoms with Gasteiger partial charge < -0.3 is 14.4 Å². The standard InChI is InChI=1S/C20H22ClNO3/c1-20(2)11-15-5-4-6-17(19(15)25-20)24-13-18(23)22(3)12-14-7-9-16(21)10-8-14/h4-10H,11-13H2,1-3H3. The van der Waals surface area contributed by atoms with Crippen molar-refractivity contribution in [1.82, 2.24) is 4.90 Å². The second-order valence-corrected chi connectivity index (χ2v) is 7.38. The molecule has 0 saturated heterocycles. The zero-order chi connectivity index (χ0) is 18.0. The minimum Gasteiger partial charge on any atom is -0.483 e. The highest BCUT2D eigenvalue weighted by molar-refractivity contribution is 6.30. The van der Waals surface area contributed by atoms with E-state index in [1.165, 1.54) is 0 Å². The molecule has 0 N–H and O–H groups in total. The first-order valence-electron chi connectivity index (χ1n) is 8.26. The summed E-state index contributed by atoms with van der Waals surface area (Å²) in [6.45, 7) is 4.57. The number of benzene rings is 2. The van der Waals surface area contributed by atoms with Gasteiger partial charge in [0.2, 0.25) is 0 Å². The fourth-order valence-electron chi connectivity index (χ4n) is 2.90. The Hall–Kier alpha value is -2.20. The maximum atomic E-state index is 12.3. The average molecular weight is 360 g/mol. The van der Waals surface area contributed by atoms with Crippen LogP contribution in [0, 0.1) is 0 Å². The van der Waals surface area contributed by atoms with E-state index in [-0.39, 0.29) is 18.1 Å².